The summed E-state index contributed by atoms with van der Waals surface area (Å²) in [4.78, 5) is 10.1. The molecule has 1 fully saturated rings. The monoisotopic (exact) mass is 431 g/mol. The van der Waals surface area contributed by atoms with Gasteiger partial charge in [-0.1, -0.05) is 12.1 Å². The molecule has 1 aliphatic rings. The van der Waals surface area contributed by atoms with E-state index in [4.69, 9.17) is 4.74 Å². The molecule has 4 rings (SSSR count). The molecule has 0 saturated carbocycles. The maximum absolute atomic E-state index is 13.3. The van der Waals surface area contributed by atoms with Crippen molar-refractivity contribution in [1.82, 2.24) is 9.97 Å². The Bertz CT molecular complexity index is 1030. The molecule has 31 heavy (non-hydrogen) atoms. The molecule has 4 nitrogen and oxygen atoms in total. The van der Waals surface area contributed by atoms with Crippen molar-refractivity contribution in [3.05, 3.63) is 72.1 Å². The Hall–Kier alpha value is -3.16. The average molecular weight is 431 g/mol. The summed E-state index contributed by atoms with van der Waals surface area (Å²) in [6, 6.07) is 10.6. The molecule has 162 valence electrons. The van der Waals surface area contributed by atoms with E-state index < -0.39 is 11.9 Å². The minimum absolute atomic E-state index is 0.109. The minimum atomic E-state index is -4.46. The fourth-order valence-corrected chi connectivity index (χ4v) is 3.69. The third kappa shape index (κ3) is 4.95. The van der Waals surface area contributed by atoms with E-state index in [0.29, 0.717) is 31.7 Å². The second-order valence-corrected chi connectivity index (χ2v) is 7.53. The predicted molar refractivity (Wildman–Crippen MR) is 109 cm³/mol. The number of halogens is 4. The summed E-state index contributed by atoms with van der Waals surface area (Å²) in [5.41, 5.74) is 2.80. The molecule has 0 spiro atoms. The summed E-state index contributed by atoms with van der Waals surface area (Å²) in [5, 5.41) is 0. The smallest absolute Gasteiger partial charge is 0.433 e. The molecule has 1 aromatic carbocycles. The van der Waals surface area contributed by atoms with E-state index >= 15 is 0 Å². The summed E-state index contributed by atoms with van der Waals surface area (Å²) in [7, 11) is 0. The maximum atomic E-state index is 13.3. The van der Waals surface area contributed by atoms with Gasteiger partial charge in [-0.2, -0.15) is 13.2 Å². The number of piperidine rings is 1. The first kappa shape index (κ1) is 21.1. The Morgan fingerprint density at radius 2 is 1.68 bits per heavy atom. The lowest BCUT2D eigenvalue weighted by molar-refractivity contribution is -0.141. The van der Waals surface area contributed by atoms with Gasteiger partial charge in [-0.3, -0.25) is 4.98 Å². The number of aromatic nitrogens is 2. The summed E-state index contributed by atoms with van der Waals surface area (Å²) >= 11 is 0. The molecule has 0 bridgehead atoms. The highest BCUT2D eigenvalue weighted by molar-refractivity contribution is 5.78. The summed E-state index contributed by atoms with van der Waals surface area (Å²) < 4.78 is 57.1. The van der Waals surface area contributed by atoms with Crippen LogP contribution in [0, 0.1) is 12.7 Å². The fourth-order valence-electron chi connectivity index (χ4n) is 3.69. The van der Waals surface area contributed by atoms with Crippen LogP contribution in [0.1, 0.15) is 24.2 Å². The minimum Gasteiger partial charge on any atom is -0.489 e. The van der Waals surface area contributed by atoms with E-state index in [1.807, 2.05) is 19.2 Å². The highest BCUT2D eigenvalue weighted by atomic mass is 19.4. The number of benzene rings is 1. The first-order valence-electron chi connectivity index (χ1n) is 9.97. The molecular weight excluding hydrogens is 410 g/mol. The number of hydrogen-bond acceptors (Lipinski definition) is 4. The van der Waals surface area contributed by atoms with Crippen molar-refractivity contribution < 1.29 is 22.3 Å². The van der Waals surface area contributed by atoms with Gasteiger partial charge in [-0.25, -0.2) is 9.37 Å². The van der Waals surface area contributed by atoms with Crippen molar-refractivity contribution in [2.75, 3.05) is 18.0 Å². The molecule has 0 aliphatic carbocycles. The van der Waals surface area contributed by atoms with Crippen molar-refractivity contribution in [3.63, 3.8) is 0 Å². The normalized spacial score (nSPS) is 15.2. The van der Waals surface area contributed by atoms with Gasteiger partial charge >= 0.3 is 6.18 Å². The molecule has 0 unspecified atom stereocenters. The van der Waals surface area contributed by atoms with Crippen LogP contribution in [0.5, 0.6) is 5.75 Å². The van der Waals surface area contributed by atoms with Gasteiger partial charge in [0.2, 0.25) is 0 Å². The Kier molecular flexibility index (Phi) is 5.80. The third-order valence-corrected chi connectivity index (χ3v) is 5.29. The zero-order chi connectivity index (χ0) is 22.0. The lowest BCUT2D eigenvalue weighted by atomic mass is 10.0. The van der Waals surface area contributed by atoms with Gasteiger partial charge in [0, 0.05) is 37.2 Å². The highest BCUT2D eigenvalue weighted by Gasteiger charge is 2.32. The molecule has 0 atom stereocenters. The quantitative estimate of drug-likeness (QED) is 0.500. The van der Waals surface area contributed by atoms with Crippen LogP contribution >= 0.6 is 0 Å². The van der Waals surface area contributed by atoms with Crippen molar-refractivity contribution >= 4 is 5.69 Å². The van der Waals surface area contributed by atoms with Crippen molar-refractivity contribution in [2.24, 2.45) is 0 Å². The van der Waals surface area contributed by atoms with Gasteiger partial charge < -0.3 is 9.64 Å². The lowest BCUT2D eigenvalue weighted by Crippen LogP contribution is -2.38. The second kappa shape index (κ2) is 8.53. The maximum Gasteiger partial charge on any atom is 0.433 e. The zero-order valence-corrected chi connectivity index (χ0v) is 16.9. The van der Waals surface area contributed by atoms with Crippen molar-refractivity contribution in [2.45, 2.75) is 32.0 Å². The van der Waals surface area contributed by atoms with Crippen LogP contribution in [0.4, 0.5) is 23.2 Å². The van der Waals surface area contributed by atoms with Crippen molar-refractivity contribution in [3.8, 4) is 16.9 Å². The van der Waals surface area contributed by atoms with E-state index in [0.717, 1.165) is 34.8 Å². The number of ether oxygens (including phenoxy) is 1. The lowest BCUT2D eigenvalue weighted by Gasteiger charge is -2.34. The van der Waals surface area contributed by atoms with Crippen LogP contribution in [0.25, 0.3) is 11.1 Å². The second-order valence-electron chi connectivity index (χ2n) is 7.53. The number of hydrogen-bond donors (Lipinski definition) is 0. The highest BCUT2D eigenvalue weighted by Crippen LogP contribution is 2.33. The van der Waals surface area contributed by atoms with E-state index in [-0.39, 0.29) is 11.9 Å². The molecular formula is C23H21F4N3O. The van der Waals surface area contributed by atoms with Gasteiger partial charge in [0.05, 0.1) is 18.1 Å². The van der Waals surface area contributed by atoms with Crippen LogP contribution in [0.15, 0.2) is 54.9 Å². The zero-order valence-electron chi connectivity index (χ0n) is 16.9. The largest absolute Gasteiger partial charge is 0.489 e. The standard InChI is InChI=1S/C23H21F4N3O/c1-15-12-20(16-2-4-17(24)5-3-16)21(14-28-15)30-10-8-18(9-11-30)31-19-6-7-22(29-13-19)23(25,26)27/h2-7,12-14,18H,8-11H2,1H3. The van der Waals surface area contributed by atoms with E-state index in [9.17, 15) is 17.6 Å². The molecule has 0 radical (unpaired) electrons. The third-order valence-electron chi connectivity index (χ3n) is 5.29. The first-order chi connectivity index (χ1) is 14.8. The van der Waals surface area contributed by atoms with Crippen LogP contribution in [0.2, 0.25) is 0 Å². The molecule has 3 aromatic rings. The van der Waals surface area contributed by atoms with Crippen LogP contribution < -0.4 is 9.64 Å². The summed E-state index contributed by atoms with van der Waals surface area (Å²) in [6.45, 7) is 3.32. The van der Waals surface area contributed by atoms with Crippen LogP contribution in [-0.2, 0) is 6.18 Å². The van der Waals surface area contributed by atoms with E-state index in [1.54, 1.807) is 12.1 Å². The molecule has 0 N–H and O–H groups in total. The van der Waals surface area contributed by atoms with Crippen LogP contribution in [0.3, 0.4) is 0 Å². The molecule has 8 heteroatoms. The Morgan fingerprint density at radius 3 is 2.29 bits per heavy atom. The SMILES string of the molecule is Cc1cc(-c2ccc(F)cc2)c(N2CCC(Oc3ccc(C(F)(F)F)nc3)CC2)cn1. The molecule has 2 aromatic heterocycles. The number of nitrogens with zero attached hydrogens (tertiary/aromatic N) is 3. The predicted octanol–water partition coefficient (Wildman–Crippen LogP) is 5.66. The topological polar surface area (TPSA) is 38.2 Å². The number of rotatable bonds is 4. The van der Waals surface area contributed by atoms with E-state index in [2.05, 4.69) is 14.9 Å². The first-order valence-corrected chi connectivity index (χ1v) is 9.97. The van der Waals surface area contributed by atoms with Gasteiger partial charge in [-0.05, 0) is 42.8 Å². The van der Waals surface area contributed by atoms with Gasteiger partial charge in [0.15, 0.2) is 0 Å². The molecule has 3 heterocycles. The Morgan fingerprint density at radius 1 is 0.968 bits per heavy atom. The van der Waals surface area contributed by atoms with Crippen LogP contribution in [-0.4, -0.2) is 29.2 Å². The molecule has 1 aliphatic heterocycles. The van der Waals surface area contributed by atoms with Gasteiger partial charge in [-0.15, -0.1) is 0 Å². The number of pyridine rings is 2. The Labute approximate surface area is 177 Å². The summed E-state index contributed by atoms with van der Waals surface area (Å²) in [5.74, 6) is 0.0438. The van der Waals surface area contributed by atoms with Crippen molar-refractivity contribution in [1.29, 1.82) is 0 Å². The molecule has 1 saturated heterocycles. The van der Waals surface area contributed by atoms with Gasteiger partial charge in [0.25, 0.3) is 0 Å². The van der Waals surface area contributed by atoms with Gasteiger partial charge in [0.1, 0.15) is 23.4 Å². The van der Waals surface area contributed by atoms with E-state index in [1.165, 1.54) is 18.2 Å². The number of anilines is 1. The number of aryl methyl sites for hydroxylation is 1. The Balaban J connectivity index is 1.44. The number of alkyl halides is 3. The molecule has 0 amide bonds. The average Bonchev–Trinajstić information content (AvgIpc) is 2.75. The summed E-state index contributed by atoms with van der Waals surface area (Å²) in [6.07, 6.45) is -0.216. The fraction of sp³-hybridized carbons (Fsp3) is 0.304.